The molecule has 3 N–H and O–H groups in total. The largest absolute Gasteiger partial charge is 0.472 e. The van der Waals surface area contributed by atoms with Crippen molar-refractivity contribution in [2.75, 3.05) is 38.4 Å². The lowest BCUT2D eigenvalue weighted by atomic mass is 10.1. The summed E-state index contributed by atoms with van der Waals surface area (Å²) < 4.78 is 46.8. The fraction of sp³-hybridized carbons (Fsp3) is 0.733. The van der Waals surface area contributed by atoms with Gasteiger partial charge in [0.25, 0.3) is 5.91 Å². The molecule has 4 unspecified atom stereocenters. The molecule has 1 aromatic heterocycles. The number of aryl methyl sites for hydroxylation is 1. The molecule has 2 rings (SSSR count). The van der Waals surface area contributed by atoms with Crippen LogP contribution >= 0.6 is 37.2 Å². The molecule has 1 saturated heterocycles. The Morgan fingerprint density at radius 3 is 2.68 bits per heavy atom. The molecular formula is C15H28N3O9P2S2+. The highest BCUT2D eigenvalue weighted by Crippen LogP contribution is 2.49. The third kappa shape index (κ3) is 10.4. The number of hydrogen-bond acceptors (Lipinski definition) is 9. The van der Waals surface area contributed by atoms with Crippen LogP contribution in [0.15, 0.2) is 18.7 Å². The monoisotopic (exact) mass is 520 g/mol. The molecule has 0 saturated carbocycles. The SMILES string of the molecule is COP(=O)(O)OC1CSSCC1COP(=O)(O)OCCCNC(=O)Cn1cc[n+](C)c1. The number of phosphoric acid groups is 2. The lowest BCUT2D eigenvalue weighted by Gasteiger charge is -2.31. The van der Waals surface area contributed by atoms with Gasteiger partial charge in [0.15, 0.2) is 6.54 Å². The summed E-state index contributed by atoms with van der Waals surface area (Å²) in [6.45, 7) is 0.188. The minimum absolute atomic E-state index is 0.0861. The molecule has 0 radical (unpaired) electrons. The zero-order valence-electron chi connectivity index (χ0n) is 17.2. The second kappa shape index (κ2) is 12.7. The van der Waals surface area contributed by atoms with E-state index in [-0.39, 0.29) is 38.1 Å². The maximum absolute atomic E-state index is 12.1. The fourth-order valence-corrected chi connectivity index (χ4v) is 6.75. The van der Waals surface area contributed by atoms with Crippen LogP contribution in [0, 0.1) is 5.92 Å². The Kier molecular flexibility index (Phi) is 11.0. The number of phosphoric ester groups is 2. The average molecular weight is 520 g/mol. The van der Waals surface area contributed by atoms with Gasteiger partial charge in [0.1, 0.15) is 12.4 Å². The number of hydrogen-bond donors (Lipinski definition) is 3. The van der Waals surface area contributed by atoms with E-state index >= 15 is 0 Å². The summed E-state index contributed by atoms with van der Waals surface area (Å²) in [5, 5.41) is 2.70. The molecule has 0 bridgehead atoms. The molecule has 1 aliphatic heterocycles. The van der Waals surface area contributed by atoms with Crippen molar-refractivity contribution in [3.63, 3.8) is 0 Å². The van der Waals surface area contributed by atoms with Gasteiger partial charge in [-0.1, -0.05) is 21.6 Å². The molecule has 2 heterocycles. The van der Waals surface area contributed by atoms with Gasteiger partial charge in [-0.3, -0.25) is 22.9 Å². The van der Waals surface area contributed by atoms with Gasteiger partial charge in [0.2, 0.25) is 6.33 Å². The lowest BCUT2D eigenvalue weighted by Crippen LogP contribution is -2.33. The number of carbonyl (C=O) groups excluding carboxylic acids is 1. The zero-order chi connectivity index (χ0) is 22.9. The second-order valence-electron chi connectivity index (χ2n) is 6.68. The lowest BCUT2D eigenvalue weighted by molar-refractivity contribution is -0.671. The summed E-state index contributed by atoms with van der Waals surface area (Å²) in [4.78, 5) is 31.2. The minimum Gasteiger partial charge on any atom is -0.353 e. The molecule has 1 aliphatic rings. The number of amides is 1. The Morgan fingerprint density at radius 2 is 2.00 bits per heavy atom. The minimum atomic E-state index is -4.31. The number of aromatic nitrogens is 2. The van der Waals surface area contributed by atoms with Crippen LogP contribution < -0.4 is 9.88 Å². The van der Waals surface area contributed by atoms with Gasteiger partial charge in [-0.2, -0.15) is 0 Å². The third-order valence-corrected chi connectivity index (χ3v) is 8.62. The van der Waals surface area contributed by atoms with E-state index in [1.165, 1.54) is 21.6 Å². The van der Waals surface area contributed by atoms with Gasteiger partial charge in [-0.05, 0) is 6.42 Å². The van der Waals surface area contributed by atoms with E-state index in [1.807, 2.05) is 17.8 Å². The molecular weight excluding hydrogens is 492 g/mol. The average Bonchev–Trinajstić information content (AvgIpc) is 3.11. The number of rotatable bonds is 13. The van der Waals surface area contributed by atoms with Crippen LogP contribution in [0.5, 0.6) is 0 Å². The summed E-state index contributed by atoms with van der Waals surface area (Å²) >= 11 is 0. The molecule has 16 heteroatoms. The number of carbonyl (C=O) groups is 1. The van der Waals surface area contributed by atoms with E-state index in [2.05, 4.69) is 9.84 Å². The van der Waals surface area contributed by atoms with E-state index in [0.29, 0.717) is 17.9 Å². The van der Waals surface area contributed by atoms with Crippen LogP contribution in [-0.2, 0) is 45.6 Å². The smallest absolute Gasteiger partial charge is 0.353 e. The van der Waals surface area contributed by atoms with Crippen molar-refractivity contribution >= 4 is 43.1 Å². The Hall–Kier alpha value is -0.400. The van der Waals surface area contributed by atoms with E-state index in [9.17, 15) is 23.7 Å². The molecule has 1 aromatic rings. The number of imidazole rings is 1. The van der Waals surface area contributed by atoms with Crippen molar-refractivity contribution in [2.45, 2.75) is 19.1 Å². The maximum Gasteiger partial charge on any atom is 0.472 e. The summed E-state index contributed by atoms with van der Waals surface area (Å²) in [7, 11) is -2.60. The normalized spacial score (nSPS) is 23.1. The molecule has 0 aliphatic carbocycles. The summed E-state index contributed by atoms with van der Waals surface area (Å²) in [6, 6.07) is 0. The van der Waals surface area contributed by atoms with E-state index in [4.69, 9.17) is 13.6 Å². The van der Waals surface area contributed by atoms with Crippen molar-refractivity contribution in [1.82, 2.24) is 9.88 Å². The van der Waals surface area contributed by atoms with Crippen LogP contribution in [0.4, 0.5) is 0 Å². The van der Waals surface area contributed by atoms with Crippen LogP contribution in [0.2, 0.25) is 0 Å². The van der Waals surface area contributed by atoms with E-state index in [1.54, 1.807) is 17.1 Å². The number of nitrogens with one attached hydrogen (secondary N) is 1. The van der Waals surface area contributed by atoms with Gasteiger partial charge < -0.3 is 15.1 Å². The Balaban J connectivity index is 1.65. The standard InChI is InChI=1S/C15H27N3O9P2S2/c1-17-5-6-18(12-17)8-15(19)16-4-3-7-25-29(22,23)26-9-13-10-30-31-11-14(13)27-28(20,21)24-2/h5-6,12-14H,3-4,7-11H2,1-2H3,(H2-,16,19,20,21,22,23)/p+1. The van der Waals surface area contributed by atoms with Gasteiger partial charge in [-0.15, -0.1) is 0 Å². The third-order valence-electron chi connectivity index (χ3n) is 4.12. The van der Waals surface area contributed by atoms with Gasteiger partial charge in [-0.25, -0.2) is 18.3 Å². The van der Waals surface area contributed by atoms with Crippen molar-refractivity contribution in [3.05, 3.63) is 18.7 Å². The topological polar surface area (TPSA) is 149 Å². The van der Waals surface area contributed by atoms with E-state index in [0.717, 1.165) is 7.11 Å². The van der Waals surface area contributed by atoms with E-state index < -0.39 is 21.7 Å². The van der Waals surface area contributed by atoms with Gasteiger partial charge >= 0.3 is 15.6 Å². The quantitative estimate of drug-likeness (QED) is 0.149. The first-order chi connectivity index (χ1) is 14.6. The predicted octanol–water partition coefficient (Wildman–Crippen LogP) is 1.10. The zero-order valence-corrected chi connectivity index (χ0v) is 20.6. The van der Waals surface area contributed by atoms with Gasteiger partial charge in [0, 0.05) is 31.1 Å². The van der Waals surface area contributed by atoms with Gasteiger partial charge in [0.05, 0.1) is 26.4 Å². The molecule has 0 aromatic carbocycles. The molecule has 1 amide bonds. The van der Waals surface area contributed by atoms with Crippen LogP contribution in [-0.4, -0.2) is 64.7 Å². The molecule has 1 fully saturated rings. The van der Waals surface area contributed by atoms with Crippen molar-refractivity contribution < 1.29 is 46.4 Å². The Morgan fingerprint density at radius 1 is 1.26 bits per heavy atom. The molecule has 4 atom stereocenters. The van der Waals surface area contributed by atoms with Crippen molar-refractivity contribution in [2.24, 2.45) is 13.0 Å². The summed E-state index contributed by atoms with van der Waals surface area (Å²) in [5.74, 6) is 0.338. The number of nitrogens with zero attached hydrogens (tertiary/aromatic N) is 2. The van der Waals surface area contributed by atoms with Crippen molar-refractivity contribution in [3.8, 4) is 0 Å². The summed E-state index contributed by atoms with van der Waals surface area (Å²) in [5.41, 5.74) is 0. The highest BCUT2D eigenvalue weighted by molar-refractivity contribution is 8.76. The first-order valence-electron chi connectivity index (χ1n) is 9.31. The summed E-state index contributed by atoms with van der Waals surface area (Å²) in [6.07, 6.45) is 5.02. The van der Waals surface area contributed by atoms with Crippen molar-refractivity contribution in [1.29, 1.82) is 0 Å². The first-order valence-corrected chi connectivity index (χ1v) is 14.8. The van der Waals surface area contributed by atoms with Crippen LogP contribution in [0.25, 0.3) is 0 Å². The first kappa shape index (κ1) is 26.8. The van der Waals surface area contributed by atoms with Crippen LogP contribution in [0.1, 0.15) is 6.42 Å². The molecule has 178 valence electrons. The second-order valence-corrected chi connectivity index (χ2v) is 12.2. The molecule has 31 heavy (non-hydrogen) atoms. The van der Waals surface area contributed by atoms with Crippen LogP contribution in [0.3, 0.4) is 0 Å². The predicted molar refractivity (Wildman–Crippen MR) is 115 cm³/mol. The molecule has 0 spiro atoms. The maximum atomic E-state index is 12.1. The molecule has 12 nitrogen and oxygen atoms in total. The highest BCUT2D eigenvalue weighted by Gasteiger charge is 2.35. The highest BCUT2D eigenvalue weighted by atomic mass is 33.1. The Labute approximate surface area is 188 Å². The fourth-order valence-electron chi connectivity index (χ4n) is 2.50. The Bertz CT molecular complexity index is 812.